The minimum atomic E-state index is -0.408. The molecule has 102 valence electrons. The van der Waals surface area contributed by atoms with Crippen molar-refractivity contribution in [1.29, 1.82) is 0 Å². The molecule has 2 N–H and O–H groups in total. The monoisotopic (exact) mass is 270 g/mol. The maximum atomic E-state index is 10.1. The number of nitrogens with one attached hydrogen (secondary N) is 1. The molecular weight excluding hydrogens is 248 g/mol. The molecule has 0 spiro atoms. The topological polar surface area (TPSA) is 44.7 Å². The zero-order valence-electron chi connectivity index (χ0n) is 10.8. The Morgan fingerprint density at radius 3 is 2.94 bits per heavy atom. The van der Waals surface area contributed by atoms with Crippen molar-refractivity contribution in [2.24, 2.45) is 0 Å². The number of thiophene rings is 1. The molecular formula is C13H22N2O2S. The molecule has 1 aromatic rings. The van der Waals surface area contributed by atoms with Gasteiger partial charge in [0.25, 0.3) is 0 Å². The second-order valence-electron chi connectivity index (χ2n) is 4.66. The number of hydrogen-bond donors (Lipinski definition) is 2. The second kappa shape index (κ2) is 7.21. The van der Waals surface area contributed by atoms with Gasteiger partial charge in [0, 0.05) is 37.1 Å². The largest absolute Gasteiger partial charge is 0.386 e. The minimum absolute atomic E-state index is 0.0877. The lowest BCUT2D eigenvalue weighted by Gasteiger charge is -2.27. The van der Waals surface area contributed by atoms with Crippen LogP contribution in [0.5, 0.6) is 0 Å². The lowest BCUT2D eigenvalue weighted by atomic mass is 10.1. The Morgan fingerprint density at radius 1 is 1.50 bits per heavy atom. The van der Waals surface area contributed by atoms with Crippen molar-refractivity contribution < 1.29 is 9.84 Å². The van der Waals surface area contributed by atoms with Crippen LogP contribution in [-0.2, 0) is 4.74 Å². The molecule has 5 heteroatoms. The number of rotatable bonds is 6. The zero-order chi connectivity index (χ0) is 12.8. The molecule has 0 bridgehead atoms. The SMILES string of the molecule is CC(NCCN1CCOCC1)C(O)c1cccs1. The van der Waals surface area contributed by atoms with Gasteiger partial charge in [-0.25, -0.2) is 0 Å². The molecule has 0 amide bonds. The van der Waals surface area contributed by atoms with E-state index in [0.717, 1.165) is 44.3 Å². The van der Waals surface area contributed by atoms with Crippen LogP contribution in [0.15, 0.2) is 17.5 Å². The average molecular weight is 270 g/mol. The van der Waals surface area contributed by atoms with Gasteiger partial charge in [-0.3, -0.25) is 4.90 Å². The molecule has 2 rings (SSSR count). The summed E-state index contributed by atoms with van der Waals surface area (Å²) in [5.41, 5.74) is 0. The summed E-state index contributed by atoms with van der Waals surface area (Å²) in [6, 6.07) is 4.05. The molecule has 2 atom stereocenters. The van der Waals surface area contributed by atoms with Gasteiger partial charge in [-0.05, 0) is 18.4 Å². The van der Waals surface area contributed by atoms with Gasteiger partial charge in [0.1, 0.15) is 6.10 Å². The average Bonchev–Trinajstić information content (AvgIpc) is 2.93. The predicted octanol–water partition coefficient (Wildman–Crippen LogP) is 1.09. The highest BCUT2D eigenvalue weighted by molar-refractivity contribution is 7.10. The van der Waals surface area contributed by atoms with E-state index < -0.39 is 6.10 Å². The first-order chi connectivity index (χ1) is 8.77. The highest BCUT2D eigenvalue weighted by atomic mass is 32.1. The van der Waals surface area contributed by atoms with E-state index in [2.05, 4.69) is 10.2 Å². The van der Waals surface area contributed by atoms with E-state index >= 15 is 0 Å². The first-order valence-electron chi connectivity index (χ1n) is 6.52. The fourth-order valence-corrected chi connectivity index (χ4v) is 2.91. The Balaban J connectivity index is 1.66. The third-order valence-corrected chi connectivity index (χ3v) is 4.25. The van der Waals surface area contributed by atoms with Gasteiger partial charge in [-0.15, -0.1) is 11.3 Å². The molecule has 1 fully saturated rings. The van der Waals surface area contributed by atoms with Crippen molar-refractivity contribution in [3.63, 3.8) is 0 Å². The van der Waals surface area contributed by atoms with E-state index in [9.17, 15) is 5.11 Å². The lowest BCUT2D eigenvalue weighted by Crippen LogP contribution is -2.42. The highest BCUT2D eigenvalue weighted by Gasteiger charge is 2.17. The third kappa shape index (κ3) is 4.03. The molecule has 2 heterocycles. The molecule has 18 heavy (non-hydrogen) atoms. The van der Waals surface area contributed by atoms with E-state index in [4.69, 9.17) is 4.74 Å². The lowest BCUT2D eigenvalue weighted by molar-refractivity contribution is 0.0372. The van der Waals surface area contributed by atoms with Crippen molar-refractivity contribution in [3.8, 4) is 0 Å². The molecule has 4 nitrogen and oxygen atoms in total. The van der Waals surface area contributed by atoms with E-state index in [1.165, 1.54) is 0 Å². The van der Waals surface area contributed by atoms with Crippen molar-refractivity contribution in [1.82, 2.24) is 10.2 Å². The van der Waals surface area contributed by atoms with Gasteiger partial charge < -0.3 is 15.2 Å². The van der Waals surface area contributed by atoms with Crippen LogP contribution in [0.2, 0.25) is 0 Å². The summed E-state index contributed by atoms with van der Waals surface area (Å²) in [6.07, 6.45) is -0.408. The van der Waals surface area contributed by atoms with Gasteiger partial charge in [-0.2, -0.15) is 0 Å². The Kier molecular flexibility index (Phi) is 5.59. The van der Waals surface area contributed by atoms with Crippen LogP contribution in [0.25, 0.3) is 0 Å². The van der Waals surface area contributed by atoms with E-state index in [-0.39, 0.29) is 6.04 Å². The molecule has 2 unspecified atom stereocenters. The fraction of sp³-hybridized carbons (Fsp3) is 0.692. The van der Waals surface area contributed by atoms with Gasteiger partial charge in [-0.1, -0.05) is 6.07 Å². The quantitative estimate of drug-likeness (QED) is 0.812. The van der Waals surface area contributed by atoms with Crippen LogP contribution in [-0.4, -0.2) is 55.4 Å². The maximum Gasteiger partial charge on any atom is 0.103 e. The summed E-state index contributed by atoms with van der Waals surface area (Å²) < 4.78 is 5.31. The first kappa shape index (κ1) is 14.0. The summed E-state index contributed by atoms with van der Waals surface area (Å²) >= 11 is 1.60. The van der Waals surface area contributed by atoms with Crippen LogP contribution in [0, 0.1) is 0 Å². The molecule has 1 aliphatic heterocycles. The first-order valence-corrected chi connectivity index (χ1v) is 7.40. The summed E-state index contributed by atoms with van der Waals surface area (Å²) in [5.74, 6) is 0. The molecule has 0 aliphatic carbocycles. The fourth-order valence-electron chi connectivity index (χ4n) is 2.09. The summed E-state index contributed by atoms with van der Waals surface area (Å²) in [6.45, 7) is 7.67. The van der Waals surface area contributed by atoms with Crippen LogP contribution in [0.1, 0.15) is 17.9 Å². The number of ether oxygens (including phenoxy) is 1. The van der Waals surface area contributed by atoms with Gasteiger partial charge in [0.2, 0.25) is 0 Å². The van der Waals surface area contributed by atoms with Crippen molar-refractivity contribution in [2.75, 3.05) is 39.4 Å². The molecule has 0 saturated carbocycles. The Morgan fingerprint density at radius 2 is 2.28 bits per heavy atom. The number of aliphatic hydroxyl groups is 1. The number of nitrogens with zero attached hydrogens (tertiary/aromatic N) is 1. The van der Waals surface area contributed by atoms with Crippen LogP contribution in [0.3, 0.4) is 0 Å². The maximum absolute atomic E-state index is 10.1. The van der Waals surface area contributed by atoms with Crippen molar-refractivity contribution in [2.45, 2.75) is 19.1 Å². The van der Waals surface area contributed by atoms with Crippen LogP contribution >= 0.6 is 11.3 Å². The Bertz CT molecular complexity index is 326. The Labute approximate surface area is 113 Å². The van der Waals surface area contributed by atoms with E-state index in [1.54, 1.807) is 11.3 Å². The number of hydrogen-bond acceptors (Lipinski definition) is 5. The normalized spacial score (nSPS) is 20.8. The number of morpholine rings is 1. The van der Waals surface area contributed by atoms with E-state index in [1.807, 2.05) is 24.4 Å². The van der Waals surface area contributed by atoms with Crippen LogP contribution in [0.4, 0.5) is 0 Å². The molecule has 1 aliphatic rings. The van der Waals surface area contributed by atoms with Gasteiger partial charge in [0.15, 0.2) is 0 Å². The molecule has 0 radical (unpaired) electrons. The van der Waals surface area contributed by atoms with Crippen molar-refractivity contribution >= 4 is 11.3 Å². The molecule has 1 aromatic heterocycles. The predicted molar refractivity (Wildman–Crippen MR) is 74.0 cm³/mol. The van der Waals surface area contributed by atoms with Gasteiger partial charge in [0.05, 0.1) is 13.2 Å². The number of aliphatic hydroxyl groups excluding tert-OH is 1. The summed E-state index contributed by atoms with van der Waals surface area (Å²) in [4.78, 5) is 3.42. The van der Waals surface area contributed by atoms with Gasteiger partial charge >= 0.3 is 0 Å². The zero-order valence-corrected chi connectivity index (χ0v) is 11.7. The minimum Gasteiger partial charge on any atom is -0.386 e. The summed E-state index contributed by atoms with van der Waals surface area (Å²) in [5, 5.41) is 15.5. The summed E-state index contributed by atoms with van der Waals surface area (Å²) in [7, 11) is 0. The molecule has 1 saturated heterocycles. The second-order valence-corrected chi connectivity index (χ2v) is 5.64. The highest BCUT2D eigenvalue weighted by Crippen LogP contribution is 2.21. The Hall–Kier alpha value is -0.460. The smallest absolute Gasteiger partial charge is 0.103 e. The molecule has 0 aromatic carbocycles. The van der Waals surface area contributed by atoms with Crippen LogP contribution < -0.4 is 5.32 Å². The van der Waals surface area contributed by atoms with Crippen molar-refractivity contribution in [3.05, 3.63) is 22.4 Å². The van der Waals surface area contributed by atoms with E-state index in [0.29, 0.717) is 0 Å². The standard InChI is InChI=1S/C13H22N2O2S/c1-11(13(16)12-3-2-10-18-12)14-4-5-15-6-8-17-9-7-15/h2-3,10-11,13-14,16H,4-9H2,1H3. The third-order valence-electron chi connectivity index (χ3n) is 3.31.